The summed E-state index contributed by atoms with van der Waals surface area (Å²) in [5, 5.41) is 3.49. The van der Waals surface area contributed by atoms with Crippen LogP contribution in [0.4, 0.5) is 0 Å². The molecule has 0 heterocycles. The van der Waals surface area contributed by atoms with Crippen LogP contribution < -0.4 is 14.8 Å². The summed E-state index contributed by atoms with van der Waals surface area (Å²) in [5.41, 5.74) is 0.751. The first kappa shape index (κ1) is 16.8. The molecule has 0 fully saturated rings. The first-order chi connectivity index (χ1) is 9.50. The maximum atomic E-state index is 5.91. The maximum Gasteiger partial charge on any atom is 0.127 e. The van der Waals surface area contributed by atoms with Crippen molar-refractivity contribution >= 4 is 0 Å². The fraction of sp³-hybridized carbons (Fsp3) is 0.625. The van der Waals surface area contributed by atoms with Crippen LogP contribution in [-0.2, 0) is 4.74 Å². The Morgan fingerprint density at radius 3 is 2.35 bits per heavy atom. The molecule has 0 aliphatic heterocycles. The molecule has 0 spiro atoms. The van der Waals surface area contributed by atoms with Gasteiger partial charge in [0, 0.05) is 18.2 Å². The number of nitrogens with one attached hydrogen (secondary N) is 1. The van der Waals surface area contributed by atoms with E-state index in [0.29, 0.717) is 6.61 Å². The molecule has 1 N–H and O–H groups in total. The lowest BCUT2D eigenvalue weighted by Crippen LogP contribution is -2.41. The zero-order chi connectivity index (χ0) is 15.2. The lowest BCUT2D eigenvalue weighted by molar-refractivity contribution is -0.0393. The van der Waals surface area contributed by atoms with E-state index in [4.69, 9.17) is 14.2 Å². The molecule has 1 aromatic carbocycles. The Kier molecular flexibility index (Phi) is 6.30. The van der Waals surface area contributed by atoms with Gasteiger partial charge in [-0.2, -0.15) is 0 Å². The van der Waals surface area contributed by atoms with E-state index in [-0.39, 0.29) is 11.6 Å². The summed E-state index contributed by atoms with van der Waals surface area (Å²) in [6, 6.07) is 5.94. The number of hydrogen-bond donors (Lipinski definition) is 1. The van der Waals surface area contributed by atoms with E-state index < -0.39 is 0 Å². The Hall–Kier alpha value is -1.26. The molecule has 0 aromatic heterocycles. The van der Waals surface area contributed by atoms with Crippen LogP contribution in [0.3, 0.4) is 0 Å². The lowest BCUT2D eigenvalue weighted by Gasteiger charge is -2.35. The van der Waals surface area contributed by atoms with Gasteiger partial charge >= 0.3 is 0 Å². The van der Waals surface area contributed by atoms with Crippen molar-refractivity contribution in [2.24, 2.45) is 0 Å². The second-order valence-corrected chi connectivity index (χ2v) is 5.14. The van der Waals surface area contributed by atoms with Gasteiger partial charge in [0.25, 0.3) is 0 Å². The highest BCUT2D eigenvalue weighted by atomic mass is 16.5. The van der Waals surface area contributed by atoms with Gasteiger partial charge in [0.2, 0.25) is 0 Å². The highest BCUT2D eigenvalue weighted by Gasteiger charge is 2.32. The summed E-state index contributed by atoms with van der Waals surface area (Å²) in [5.74, 6) is 1.60. The number of hydrogen-bond acceptors (Lipinski definition) is 4. The molecule has 1 atom stereocenters. The van der Waals surface area contributed by atoms with Gasteiger partial charge in [0.1, 0.15) is 11.5 Å². The van der Waals surface area contributed by atoms with Gasteiger partial charge in [0.05, 0.1) is 25.9 Å². The molecule has 4 nitrogen and oxygen atoms in total. The van der Waals surface area contributed by atoms with E-state index in [9.17, 15) is 0 Å². The Morgan fingerprint density at radius 1 is 1.15 bits per heavy atom. The van der Waals surface area contributed by atoms with E-state index in [0.717, 1.165) is 23.6 Å². The van der Waals surface area contributed by atoms with Crippen molar-refractivity contribution in [3.8, 4) is 11.5 Å². The summed E-state index contributed by atoms with van der Waals surface area (Å²) in [6.07, 6.45) is 0. The van der Waals surface area contributed by atoms with Gasteiger partial charge in [-0.25, -0.2) is 0 Å². The number of methoxy groups -OCH3 is 2. The average molecular weight is 281 g/mol. The summed E-state index contributed by atoms with van der Waals surface area (Å²) in [4.78, 5) is 0. The molecule has 0 aliphatic rings. The van der Waals surface area contributed by atoms with Crippen molar-refractivity contribution in [2.75, 3.05) is 27.4 Å². The predicted octanol–water partition coefficient (Wildman–Crippen LogP) is 3.17. The summed E-state index contributed by atoms with van der Waals surface area (Å²) < 4.78 is 16.7. The Bertz CT molecular complexity index is 418. The van der Waals surface area contributed by atoms with Crippen molar-refractivity contribution in [1.82, 2.24) is 5.32 Å². The van der Waals surface area contributed by atoms with Crippen LogP contribution in [0, 0.1) is 0 Å². The molecule has 1 rings (SSSR count). The molecule has 20 heavy (non-hydrogen) atoms. The van der Waals surface area contributed by atoms with Crippen LogP contribution in [0.2, 0.25) is 0 Å². The molecule has 1 unspecified atom stereocenters. The fourth-order valence-electron chi connectivity index (χ4n) is 2.45. The van der Waals surface area contributed by atoms with Crippen molar-refractivity contribution in [1.29, 1.82) is 0 Å². The molecule has 1 aromatic rings. The van der Waals surface area contributed by atoms with Crippen molar-refractivity contribution in [2.45, 2.75) is 39.3 Å². The van der Waals surface area contributed by atoms with Crippen LogP contribution in [0.5, 0.6) is 11.5 Å². The number of benzene rings is 1. The standard InChI is InChI=1S/C16H27NO3/c1-7-17-15(16(3,4)20-8-2)13-10-9-12(18-5)11-14(13)19-6/h9-11,15,17H,7-8H2,1-6H3. The summed E-state index contributed by atoms with van der Waals surface area (Å²) in [6.45, 7) is 9.81. The van der Waals surface area contributed by atoms with Crippen LogP contribution in [0.15, 0.2) is 18.2 Å². The van der Waals surface area contributed by atoms with Gasteiger partial charge in [-0.1, -0.05) is 6.92 Å². The zero-order valence-electron chi connectivity index (χ0n) is 13.4. The highest BCUT2D eigenvalue weighted by molar-refractivity contribution is 5.43. The maximum absolute atomic E-state index is 5.91. The normalized spacial score (nSPS) is 13.1. The Labute approximate surface area is 122 Å². The monoisotopic (exact) mass is 281 g/mol. The second kappa shape index (κ2) is 7.50. The van der Waals surface area contributed by atoms with Gasteiger partial charge in [0.15, 0.2) is 0 Å². The minimum absolute atomic E-state index is 0.0494. The Morgan fingerprint density at radius 2 is 1.85 bits per heavy atom. The van der Waals surface area contributed by atoms with Crippen LogP contribution in [-0.4, -0.2) is 33.0 Å². The molecule has 0 radical (unpaired) electrons. The lowest BCUT2D eigenvalue weighted by atomic mass is 9.90. The quantitative estimate of drug-likeness (QED) is 0.794. The third-order valence-electron chi connectivity index (χ3n) is 3.37. The Balaban J connectivity index is 3.20. The van der Waals surface area contributed by atoms with Gasteiger partial charge in [-0.05, 0) is 39.4 Å². The minimum atomic E-state index is -0.327. The number of likely N-dealkylation sites (N-methyl/N-ethyl adjacent to an activating group) is 1. The van der Waals surface area contributed by atoms with E-state index in [2.05, 4.69) is 26.1 Å². The molecular formula is C16H27NO3. The van der Waals surface area contributed by atoms with Crippen LogP contribution in [0.1, 0.15) is 39.3 Å². The first-order valence-corrected chi connectivity index (χ1v) is 7.09. The molecule has 0 bridgehead atoms. The third kappa shape index (κ3) is 3.87. The number of ether oxygens (including phenoxy) is 3. The second-order valence-electron chi connectivity index (χ2n) is 5.14. The largest absolute Gasteiger partial charge is 0.497 e. The topological polar surface area (TPSA) is 39.7 Å². The van der Waals surface area contributed by atoms with Gasteiger partial charge < -0.3 is 19.5 Å². The molecule has 0 aliphatic carbocycles. The predicted molar refractivity (Wildman–Crippen MR) is 81.7 cm³/mol. The fourth-order valence-corrected chi connectivity index (χ4v) is 2.45. The third-order valence-corrected chi connectivity index (χ3v) is 3.37. The molecule has 0 saturated heterocycles. The average Bonchev–Trinajstić information content (AvgIpc) is 2.44. The molecule has 0 amide bonds. The van der Waals surface area contributed by atoms with Crippen LogP contribution in [0.25, 0.3) is 0 Å². The zero-order valence-corrected chi connectivity index (χ0v) is 13.4. The van der Waals surface area contributed by atoms with E-state index in [1.54, 1.807) is 14.2 Å². The molecule has 114 valence electrons. The molecule has 0 saturated carbocycles. The van der Waals surface area contributed by atoms with Gasteiger partial charge in [-0.3, -0.25) is 0 Å². The minimum Gasteiger partial charge on any atom is -0.497 e. The summed E-state index contributed by atoms with van der Waals surface area (Å²) >= 11 is 0. The van der Waals surface area contributed by atoms with E-state index in [1.807, 2.05) is 25.1 Å². The molecule has 4 heteroatoms. The van der Waals surface area contributed by atoms with Crippen molar-refractivity contribution in [3.05, 3.63) is 23.8 Å². The SMILES string of the molecule is CCNC(c1ccc(OC)cc1OC)C(C)(C)OCC. The van der Waals surface area contributed by atoms with E-state index >= 15 is 0 Å². The number of rotatable bonds is 8. The summed E-state index contributed by atoms with van der Waals surface area (Å²) in [7, 11) is 3.33. The highest BCUT2D eigenvalue weighted by Crippen LogP contribution is 2.36. The first-order valence-electron chi connectivity index (χ1n) is 7.09. The van der Waals surface area contributed by atoms with Crippen molar-refractivity contribution < 1.29 is 14.2 Å². The van der Waals surface area contributed by atoms with Gasteiger partial charge in [-0.15, -0.1) is 0 Å². The molecular weight excluding hydrogens is 254 g/mol. The van der Waals surface area contributed by atoms with Crippen molar-refractivity contribution in [3.63, 3.8) is 0 Å². The van der Waals surface area contributed by atoms with Crippen LogP contribution >= 0.6 is 0 Å². The van der Waals surface area contributed by atoms with E-state index in [1.165, 1.54) is 0 Å². The smallest absolute Gasteiger partial charge is 0.127 e.